The van der Waals surface area contributed by atoms with E-state index in [9.17, 15) is 4.39 Å². The van der Waals surface area contributed by atoms with Crippen LogP contribution in [-0.2, 0) is 0 Å². The maximum Gasteiger partial charge on any atom is 0.228 e. The highest BCUT2D eigenvalue weighted by Crippen LogP contribution is 2.36. The van der Waals surface area contributed by atoms with Crippen molar-refractivity contribution < 1.29 is 8.78 Å². The van der Waals surface area contributed by atoms with Gasteiger partial charge in [0, 0.05) is 80.7 Å². The number of pyridine rings is 2. The second-order valence-corrected chi connectivity index (χ2v) is 10.7. The summed E-state index contributed by atoms with van der Waals surface area (Å²) >= 11 is 0. The van der Waals surface area contributed by atoms with Crippen molar-refractivity contribution in [2.24, 2.45) is 0 Å². The number of rotatable bonds is 5. The summed E-state index contributed by atoms with van der Waals surface area (Å²) < 4.78 is 31.2. The third-order valence-corrected chi connectivity index (χ3v) is 7.98. The van der Waals surface area contributed by atoms with Gasteiger partial charge in [0.2, 0.25) is 5.95 Å². The molecule has 2 aliphatic heterocycles. The molecule has 0 saturated carbocycles. The number of aromatic nitrogens is 4. The fourth-order valence-electron chi connectivity index (χ4n) is 5.72. The molecule has 0 aliphatic carbocycles. The lowest BCUT2D eigenvalue weighted by Gasteiger charge is -2.33. The molecule has 206 valence electrons. The van der Waals surface area contributed by atoms with Crippen molar-refractivity contribution in [3.8, 4) is 23.6 Å². The Morgan fingerprint density at radius 2 is 1.93 bits per heavy atom. The predicted molar refractivity (Wildman–Crippen MR) is 155 cm³/mol. The van der Waals surface area contributed by atoms with E-state index >= 15 is 4.39 Å². The fraction of sp³-hybridized carbons (Fsp3) is 0.400. The molecule has 0 radical (unpaired) electrons. The summed E-state index contributed by atoms with van der Waals surface area (Å²) in [6.07, 6.45) is 13.8. The summed E-state index contributed by atoms with van der Waals surface area (Å²) in [4.78, 5) is 24.9. The van der Waals surface area contributed by atoms with Crippen molar-refractivity contribution >= 4 is 33.4 Å². The van der Waals surface area contributed by atoms with Crippen LogP contribution in [0.4, 0.5) is 20.5 Å². The molecule has 1 N–H and O–H groups in total. The molecule has 3 aromatic heterocycles. The summed E-state index contributed by atoms with van der Waals surface area (Å²) in [5.41, 5.74) is 0.573. The van der Waals surface area contributed by atoms with E-state index in [1.807, 2.05) is 7.05 Å². The Balaban J connectivity index is 1.52. The number of piperidine rings is 1. The summed E-state index contributed by atoms with van der Waals surface area (Å²) in [6, 6.07) is 3.21. The van der Waals surface area contributed by atoms with Crippen LogP contribution < -0.4 is 15.1 Å². The van der Waals surface area contributed by atoms with Crippen LogP contribution in [0.25, 0.3) is 32.9 Å². The number of fused-ring (bicyclic) bond motifs is 2. The molecule has 1 atom stereocenters. The first-order valence-corrected chi connectivity index (χ1v) is 13.7. The average molecular weight is 543 g/mol. The van der Waals surface area contributed by atoms with Crippen LogP contribution in [0.2, 0.25) is 0 Å². The number of likely N-dealkylation sites (N-methyl/N-ethyl adjacent to an activating group) is 2. The molecule has 1 aromatic carbocycles. The Bertz CT molecular complexity index is 1600. The number of halogens is 2. The molecule has 10 heteroatoms. The Hall–Kier alpha value is -3.94. The minimum absolute atomic E-state index is 0.0262. The number of nitrogens with one attached hydrogen (secondary N) is 1. The van der Waals surface area contributed by atoms with Gasteiger partial charge in [0.05, 0.1) is 10.9 Å². The van der Waals surface area contributed by atoms with Crippen LogP contribution >= 0.6 is 0 Å². The molecular formula is C30H32F2N8. The second kappa shape index (κ2) is 10.9. The zero-order chi connectivity index (χ0) is 27.8. The predicted octanol–water partition coefficient (Wildman–Crippen LogP) is 3.83. The van der Waals surface area contributed by atoms with Crippen LogP contribution in [0.1, 0.15) is 24.8 Å². The zero-order valence-electron chi connectivity index (χ0n) is 22.8. The minimum atomic E-state index is -0.609. The second-order valence-electron chi connectivity index (χ2n) is 10.7. The molecule has 2 saturated heterocycles. The molecule has 0 unspecified atom stereocenters. The van der Waals surface area contributed by atoms with Crippen LogP contribution in [0.15, 0.2) is 30.7 Å². The van der Waals surface area contributed by atoms with Crippen molar-refractivity contribution in [3.63, 3.8) is 0 Å². The highest BCUT2D eigenvalue weighted by Gasteiger charge is 2.25. The van der Waals surface area contributed by atoms with Gasteiger partial charge < -0.3 is 20.0 Å². The first-order valence-electron chi connectivity index (χ1n) is 13.7. The number of anilines is 2. The maximum absolute atomic E-state index is 16.5. The van der Waals surface area contributed by atoms with Gasteiger partial charge in [-0.1, -0.05) is 12.3 Å². The molecule has 2 aliphatic rings. The number of terminal acetylenes is 1. The van der Waals surface area contributed by atoms with Gasteiger partial charge in [-0.15, -0.1) is 6.42 Å². The third-order valence-electron chi connectivity index (χ3n) is 7.98. The molecule has 4 aromatic rings. The third kappa shape index (κ3) is 4.80. The monoisotopic (exact) mass is 542 g/mol. The SMILES string of the molecule is C#Cc1c(F)ccc2cncc(-c3ncc4c(N(C)C[C@H]5CCCCN5)nc(N5CCN(C)CC5)nc4c3F)c12. The number of nitrogens with zero attached hydrogens (tertiary/aromatic N) is 7. The van der Waals surface area contributed by atoms with Crippen molar-refractivity contribution in [1.82, 2.24) is 30.2 Å². The zero-order valence-corrected chi connectivity index (χ0v) is 22.8. The van der Waals surface area contributed by atoms with Crippen molar-refractivity contribution in [2.75, 3.05) is 63.2 Å². The van der Waals surface area contributed by atoms with Gasteiger partial charge in [0.25, 0.3) is 0 Å². The smallest absolute Gasteiger partial charge is 0.228 e. The number of piperazine rings is 1. The summed E-state index contributed by atoms with van der Waals surface area (Å²) in [7, 11) is 4.06. The van der Waals surface area contributed by atoms with E-state index in [0.717, 1.165) is 45.7 Å². The molecule has 40 heavy (non-hydrogen) atoms. The maximum atomic E-state index is 16.5. The van der Waals surface area contributed by atoms with E-state index in [-0.39, 0.29) is 16.8 Å². The minimum Gasteiger partial charge on any atom is -0.357 e. The average Bonchev–Trinajstić information content (AvgIpc) is 2.97. The van der Waals surface area contributed by atoms with Crippen LogP contribution in [0.5, 0.6) is 0 Å². The molecule has 5 heterocycles. The number of hydrogen-bond acceptors (Lipinski definition) is 8. The van der Waals surface area contributed by atoms with Gasteiger partial charge in [-0.3, -0.25) is 9.97 Å². The first kappa shape index (κ1) is 26.3. The van der Waals surface area contributed by atoms with E-state index in [0.29, 0.717) is 39.5 Å². The molecule has 0 bridgehead atoms. The van der Waals surface area contributed by atoms with Gasteiger partial charge in [-0.2, -0.15) is 4.98 Å². The van der Waals surface area contributed by atoms with E-state index in [2.05, 4.69) is 43.0 Å². The summed E-state index contributed by atoms with van der Waals surface area (Å²) in [5, 5.41) is 5.11. The Kier molecular flexibility index (Phi) is 7.17. The highest BCUT2D eigenvalue weighted by atomic mass is 19.1. The standard InChI is InChI=1S/C30H32F2N8/c1-4-21-24(31)9-8-19-15-33-16-22(25(19)21)27-26(32)28-23(17-35-27)29(39(3)18-20-7-5-6-10-34-20)37-30(36-28)40-13-11-38(2)12-14-40/h1,8-9,15-17,20,34H,5-7,10-14,18H2,2-3H3/t20-/m1/s1. The quantitative estimate of drug-likeness (QED) is 0.382. The summed E-state index contributed by atoms with van der Waals surface area (Å²) in [6.45, 7) is 4.94. The first-order chi connectivity index (χ1) is 19.4. The van der Waals surface area contributed by atoms with E-state index in [1.54, 1.807) is 18.5 Å². The van der Waals surface area contributed by atoms with Gasteiger partial charge in [-0.05, 0) is 38.6 Å². The highest BCUT2D eigenvalue weighted by molar-refractivity contribution is 6.01. The Morgan fingerprint density at radius 1 is 1.10 bits per heavy atom. The van der Waals surface area contributed by atoms with Gasteiger partial charge >= 0.3 is 0 Å². The lowest BCUT2D eigenvalue weighted by molar-refractivity contribution is 0.311. The number of benzene rings is 1. The molecule has 8 nitrogen and oxygen atoms in total. The fourth-order valence-corrected chi connectivity index (χ4v) is 5.72. The Morgan fingerprint density at radius 3 is 2.67 bits per heavy atom. The molecule has 0 amide bonds. The van der Waals surface area contributed by atoms with Crippen LogP contribution in [-0.4, -0.2) is 84.2 Å². The normalized spacial score (nSPS) is 18.3. The van der Waals surface area contributed by atoms with Crippen molar-refractivity contribution in [3.05, 3.63) is 47.9 Å². The van der Waals surface area contributed by atoms with Crippen LogP contribution in [0, 0.1) is 24.0 Å². The largest absolute Gasteiger partial charge is 0.357 e. The van der Waals surface area contributed by atoms with Crippen LogP contribution in [0.3, 0.4) is 0 Å². The topological polar surface area (TPSA) is 73.3 Å². The number of hydrogen-bond donors (Lipinski definition) is 1. The van der Waals surface area contributed by atoms with Gasteiger partial charge in [0.15, 0.2) is 5.82 Å². The van der Waals surface area contributed by atoms with E-state index in [4.69, 9.17) is 16.4 Å². The van der Waals surface area contributed by atoms with E-state index in [1.165, 1.54) is 25.1 Å². The lowest BCUT2D eigenvalue weighted by Crippen LogP contribution is -2.45. The molecule has 2 fully saturated rings. The lowest BCUT2D eigenvalue weighted by atomic mass is 9.98. The van der Waals surface area contributed by atoms with E-state index < -0.39 is 11.6 Å². The summed E-state index contributed by atoms with van der Waals surface area (Å²) in [5.74, 6) is 2.38. The molecular weight excluding hydrogens is 510 g/mol. The van der Waals surface area contributed by atoms with Gasteiger partial charge in [0.1, 0.15) is 22.8 Å². The Labute approximate surface area is 232 Å². The van der Waals surface area contributed by atoms with Crippen molar-refractivity contribution in [1.29, 1.82) is 0 Å². The molecule has 6 rings (SSSR count). The van der Waals surface area contributed by atoms with Crippen molar-refractivity contribution in [2.45, 2.75) is 25.3 Å². The van der Waals surface area contributed by atoms with Gasteiger partial charge in [-0.25, -0.2) is 13.8 Å². The molecule has 0 spiro atoms.